The zero-order chi connectivity index (χ0) is 12.8. The summed E-state index contributed by atoms with van der Waals surface area (Å²) in [6.07, 6.45) is 1.06. The Morgan fingerprint density at radius 2 is 2.18 bits per heavy atom. The van der Waals surface area contributed by atoms with E-state index in [1.807, 2.05) is 39.0 Å². The standard InChI is InChI=1S/C14H20N2O/c1-4-13(9-15)17-14-10(2)6-5-7-12(14)8-11(3)16/h5-7,11,13H,4,8,16H2,1-3H3. The molecule has 1 aromatic carbocycles. The maximum absolute atomic E-state index is 8.95. The lowest BCUT2D eigenvalue weighted by atomic mass is 10.0. The first kappa shape index (κ1) is 13.5. The van der Waals surface area contributed by atoms with E-state index in [4.69, 9.17) is 15.7 Å². The lowest BCUT2D eigenvalue weighted by Gasteiger charge is -2.17. The molecule has 1 rings (SSSR count). The van der Waals surface area contributed by atoms with Crippen LogP contribution in [0.3, 0.4) is 0 Å². The Morgan fingerprint density at radius 3 is 2.71 bits per heavy atom. The van der Waals surface area contributed by atoms with Gasteiger partial charge in [-0.15, -0.1) is 0 Å². The van der Waals surface area contributed by atoms with Gasteiger partial charge in [-0.2, -0.15) is 5.26 Å². The number of nitriles is 1. The monoisotopic (exact) mass is 232 g/mol. The van der Waals surface area contributed by atoms with Gasteiger partial charge < -0.3 is 10.5 Å². The van der Waals surface area contributed by atoms with Gasteiger partial charge in [0, 0.05) is 6.04 Å². The van der Waals surface area contributed by atoms with Crippen molar-refractivity contribution in [1.82, 2.24) is 0 Å². The largest absolute Gasteiger partial charge is 0.475 e. The molecule has 0 heterocycles. The molecule has 0 radical (unpaired) electrons. The Labute approximate surface area is 103 Å². The zero-order valence-corrected chi connectivity index (χ0v) is 10.7. The third-order valence-electron chi connectivity index (χ3n) is 2.61. The molecule has 3 nitrogen and oxygen atoms in total. The summed E-state index contributed by atoms with van der Waals surface area (Å²) in [5.74, 6) is 0.818. The number of aryl methyl sites for hydroxylation is 1. The second-order valence-corrected chi connectivity index (χ2v) is 4.39. The quantitative estimate of drug-likeness (QED) is 0.848. The number of nitrogens with zero attached hydrogens (tertiary/aromatic N) is 1. The van der Waals surface area contributed by atoms with Gasteiger partial charge in [-0.1, -0.05) is 25.1 Å². The summed E-state index contributed by atoms with van der Waals surface area (Å²) in [6.45, 7) is 5.90. The van der Waals surface area contributed by atoms with E-state index in [0.29, 0.717) is 6.42 Å². The van der Waals surface area contributed by atoms with Crippen LogP contribution in [0.15, 0.2) is 18.2 Å². The highest BCUT2D eigenvalue weighted by atomic mass is 16.5. The zero-order valence-electron chi connectivity index (χ0n) is 10.7. The third-order valence-corrected chi connectivity index (χ3v) is 2.61. The van der Waals surface area contributed by atoms with Crippen LogP contribution in [0.4, 0.5) is 0 Å². The van der Waals surface area contributed by atoms with Gasteiger partial charge in [0.05, 0.1) is 0 Å². The van der Waals surface area contributed by atoms with Gasteiger partial charge in [0.15, 0.2) is 6.10 Å². The number of rotatable bonds is 5. The molecular formula is C14H20N2O. The molecule has 0 aliphatic heterocycles. The smallest absolute Gasteiger partial charge is 0.184 e. The predicted octanol–water partition coefficient (Wildman–Crippen LogP) is 2.57. The van der Waals surface area contributed by atoms with Crippen molar-refractivity contribution in [1.29, 1.82) is 5.26 Å². The molecule has 0 amide bonds. The summed E-state index contributed by atoms with van der Waals surface area (Å²) in [4.78, 5) is 0. The molecule has 3 heteroatoms. The van der Waals surface area contributed by atoms with Crippen molar-refractivity contribution in [2.24, 2.45) is 5.73 Å². The van der Waals surface area contributed by atoms with Crippen LogP contribution in [0, 0.1) is 18.3 Å². The number of para-hydroxylation sites is 1. The van der Waals surface area contributed by atoms with Crippen molar-refractivity contribution in [2.75, 3.05) is 0 Å². The van der Waals surface area contributed by atoms with E-state index < -0.39 is 0 Å². The molecule has 0 spiro atoms. The van der Waals surface area contributed by atoms with E-state index in [2.05, 4.69) is 6.07 Å². The molecule has 0 aliphatic carbocycles. The summed E-state index contributed by atoms with van der Waals surface area (Å²) < 4.78 is 5.76. The fourth-order valence-corrected chi connectivity index (χ4v) is 1.73. The van der Waals surface area contributed by atoms with Crippen LogP contribution in [0.25, 0.3) is 0 Å². The van der Waals surface area contributed by atoms with E-state index in [0.717, 1.165) is 23.3 Å². The van der Waals surface area contributed by atoms with Crippen LogP contribution < -0.4 is 10.5 Å². The molecule has 2 N–H and O–H groups in total. The lowest BCUT2D eigenvalue weighted by molar-refractivity contribution is 0.247. The molecule has 0 saturated heterocycles. The van der Waals surface area contributed by atoms with E-state index in [-0.39, 0.29) is 12.1 Å². The Hall–Kier alpha value is -1.53. The molecule has 92 valence electrons. The molecule has 17 heavy (non-hydrogen) atoms. The highest BCUT2D eigenvalue weighted by Crippen LogP contribution is 2.26. The Balaban J connectivity index is 2.99. The maximum atomic E-state index is 8.95. The molecule has 0 bridgehead atoms. The van der Waals surface area contributed by atoms with Gasteiger partial charge in [-0.3, -0.25) is 0 Å². The fraction of sp³-hybridized carbons (Fsp3) is 0.500. The van der Waals surface area contributed by atoms with E-state index in [1.165, 1.54) is 0 Å². The first-order valence-corrected chi connectivity index (χ1v) is 5.98. The number of hydrogen-bond donors (Lipinski definition) is 1. The van der Waals surface area contributed by atoms with Crippen molar-refractivity contribution in [3.63, 3.8) is 0 Å². The summed E-state index contributed by atoms with van der Waals surface area (Å²) in [5.41, 5.74) is 7.95. The van der Waals surface area contributed by atoms with Crippen molar-refractivity contribution in [3.05, 3.63) is 29.3 Å². The Bertz CT molecular complexity index is 407. The van der Waals surface area contributed by atoms with Gasteiger partial charge in [-0.05, 0) is 37.8 Å². The lowest BCUT2D eigenvalue weighted by Crippen LogP contribution is -2.20. The molecule has 0 fully saturated rings. The van der Waals surface area contributed by atoms with Crippen molar-refractivity contribution < 1.29 is 4.74 Å². The minimum atomic E-state index is -0.386. The molecule has 0 aliphatic rings. The molecule has 0 aromatic heterocycles. The Kier molecular flexibility index (Phi) is 4.99. The normalized spacial score (nSPS) is 13.8. The Morgan fingerprint density at radius 1 is 1.47 bits per heavy atom. The molecule has 2 unspecified atom stereocenters. The number of ether oxygens (including phenoxy) is 1. The average Bonchev–Trinajstić information content (AvgIpc) is 2.28. The second kappa shape index (κ2) is 6.27. The van der Waals surface area contributed by atoms with E-state index in [1.54, 1.807) is 0 Å². The van der Waals surface area contributed by atoms with Crippen LogP contribution in [0.2, 0.25) is 0 Å². The van der Waals surface area contributed by atoms with Crippen LogP contribution in [0.1, 0.15) is 31.4 Å². The molecule has 0 saturated carbocycles. The molecule has 2 atom stereocenters. The minimum Gasteiger partial charge on any atom is -0.475 e. The second-order valence-electron chi connectivity index (χ2n) is 4.39. The first-order valence-electron chi connectivity index (χ1n) is 5.98. The van der Waals surface area contributed by atoms with Gasteiger partial charge >= 0.3 is 0 Å². The number of benzene rings is 1. The van der Waals surface area contributed by atoms with Crippen LogP contribution in [-0.2, 0) is 6.42 Å². The summed E-state index contributed by atoms with van der Waals surface area (Å²) in [6, 6.07) is 8.23. The predicted molar refractivity (Wildman–Crippen MR) is 68.9 cm³/mol. The van der Waals surface area contributed by atoms with Gasteiger partial charge in [0.1, 0.15) is 11.8 Å². The minimum absolute atomic E-state index is 0.0845. The SMILES string of the molecule is CCC(C#N)Oc1c(C)cccc1CC(C)N. The van der Waals surface area contributed by atoms with Gasteiger partial charge in [0.25, 0.3) is 0 Å². The third kappa shape index (κ3) is 3.76. The van der Waals surface area contributed by atoms with Gasteiger partial charge in [-0.25, -0.2) is 0 Å². The first-order chi connectivity index (χ1) is 8.08. The van der Waals surface area contributed by atoms with E-state index >= 15 is 0 Å². The highest BCUT2D eigenvalue weighted by molar-refractivity contribution is 5.41. The van der Waals surface area contributed by atoms with Gasteiger partial charge in [0.2, 0.25) is 0 Å². The molecular weight excluding hydrogens is 212 g/mol. The number of hydrogen-bond acceptors (Lipinski definition) is 3. The summed E-state index contributed by atoms with van der Waals surface area (Å²) in [5, 5.41) is 8.95. The van der Waals surface area contributed by atoms with E-state index in [9.17, 15) is 0 Å². The maximum Gasteiger partial charge on any atom is 0.184 e. The van der Waals surface area contributed by atoms with Crippen molar-refractivity contribution in [2.45, 2.75) is 45.8 Å². The summed E-state index contributed by atoms with van der Waals surface area (Å²) >= 11 is 0. The number of nitrogens with two attached hydrogens (primary N) is 1. The van der Waals surface area contributed by atoms with Crippen LogP contribution in [0.5, 0.6) is 5.75 Å². The topological polar surface area (TPSA) is 59.0 Å². The van der Waals surface area contributed by atoms with Crippen LogP contribution >= 0.6 is 0 Å². The van der Waals surface area contributed by atoms with Crippen LogP contribution in [-0.4, -0.2) is 12.1 Å². The highest BCUT2D eigenvalue weighted by Gasteiger charge is 2.13. The average molecular weight is 232 g/mol. The fourth-order valence-electron chi connectivity index (χ4n) is 1.73. The van der Waals surface area contributed by atoms with Crippen molar-refractivity contribution >= 4 is 0 Å². The molecule has 1 aromatic rings. The van der Waals surface area contributed by atoms with Crippen molar-refractivity contribution in [3.8, 4) is 11.8 Å². The summed E-state index contributed by atoms with van der Waals surface area (Å²) in [7, 11) is 0.